The fourth-order valence-corrected chi connectivity index (χ4v) is 5.17. The second kappa shape index (κ2) is 11.2. The molecular weight excluding hydrogens is 536 g/mol. The van der Waals surface area contributed by atoms with E-state index < -0.39 is 21.6 Å². The average molecular weight is 571 g/mol. The molecule has 1 fully saturated rings. The van der Waals surface area contributed by atoms with Crippen LogP contribution >= 0.6 is 0 Å². The van der Waals surface area contributed by atoms with Crippen LogP contribution in [0.1, 0.15) is 44.7 Å². The molecule has 12 nitrogen and oxygen atoms in total. The van der Waals surface area contributed by atoms with Crippen molar-refractivity contribution < 1.29 is 27.5 Å². The predicted octanol–water partition coefficient (Wildman–Crippen LogP) is 3.01. The van der Waals surface area contributed by atoms with Gasteiger partial charge in [0.2, 0.25) is 17.7 Å². The number of nitrogens with one attached hydrogen (secondary N) is 1. The van der Waals surface area contributed by atoms with E-state index in [0.29, 0.717) is 18.8 Å². The zero-order chi connectivity index (χ0) is 29.2. The van der Waals surface area contributed by atoms with Gasteiger partial charge in [0.25, 0.3) is 10.0 Å². The molecule has 0 atom stereocenters. The third-order valence-electron chi connectivity index (χ3n) is 6.11. The SMILES string of the molecule is Cc1cccc(C)c1-c1cc(OC2CN(C(=O)CCC(=O)OC(C)(C)C)C2)nc(NS(=O)(=O)c2cnn(C)c2)n1. The van der Waals surface area contributed by atoms with Gasteiger partial charge in [0.15, 0.2) is 0 Å². The van der Waals surface area contributed by atoms with E-state index >= 15 is 0 Å². The number of hydrogen-bond donors (Lipinski definition) is 1. The third kappa shape index (κ3) is 7.14. The largest absolute Gasteiger partial charge is 0.470 e. The Balaban J connectivity index is 1.49. The Morgan fingerprint density at radius 3 is 2.38 bits per heavy atom. The number of hydrogen-bond acceptors (Lipinski definition) is 9. The van der Waals surface area contributed by atoms with E-state index in [0.717, 1.165) is 16.7 Å². The van der Waals surface area contributed by atoms with Crippen LogP contribution in [0.2, 0.25) is 0 Å². The summed E-state index contributed by atoms with van der Waals surface area (Å²) in [5.41, 5.74) is 2.64. The van der Waals surface area contributed by atoms with Crippen molar-refractivity contribution in [2.45, 2.75) is 64.1 Å². The lowest BCUT2D eigenvalue weighted by Gasteiger charge is -2.38. The Bertz CT molecular complexity index is 1500. The van der Waals surface area contributed by atoms with E-state index in [2.05, 4.69) is 19.8 Å². The second-order valence-corrected chi connectivity index (χ2v) is 12.4. The van der Waals surface area contributed by atoms with Crippen molar-refractivity contribution in [3.63, 3.8) is 0 Å². The van der Waals surface area contributed by atoms with Crippen molar-refractivity contribution in [1.29, 1.82) is 0 Å². The normalized spacial score (nSPS) is 14.0. The molecule has 0 saturated carbocycles. The van der Waals surface area contributed by atoms with Crippen LogP contribution in [0.4, 0.5) is 5.95 Å². The molecule has 1 aromatic carbocycles. The first-order chi connectivity index (χ1) is 18.7. The van der Waals surface area contributed by atoms with Gasteiger partial charge in [0.05, 0.1) is 31.4 Å². The Morgan fingerprint density at radius 1 is 1.10 bits per heavy atom. The molecule has 1 aliphatic rings. The minimum absolute atomic E-state index is 0.00358. The second-order valence-electron chi connectivity index (χ2n) is 10.8. The molecule has 13 heteroatoms. The number of esters is 1. The molecule has 40 heavy (non-hydrogen) atoms. The first-order valence-corrected chi connectivity index (χ1v) is 14.3. The molecular formula is C27H34N6O6S. The summed E-state index contributed by atoms with van der Waals surface area (Å²) in [5.74, 6) is -0.573. The number of carbonyl (C=O) groups excluding carboxylic acids is 2. The topological polar surface area (TPSA) is 146 Å². The maximum atomic E-state index is 12.9. The summed E-state index contributed by atoms with van der Waals surface area (Å²) < 4.78 is 41.0. The van der Waals surface area contributed by atoms with Crippen molar-refractivity contribution in [2.24, 2.45) is 7.05 Å². The maximum Gasteiger partial charge on any atom is 0.306 e. The van der Waals surface area contributed by atoms with Gasteiger partial charge >= 0.3 is 5.97 Å². The van der Waals surface area contributed by atoms with Gasteiger partial charge in [-0.1, -0.05) is 18.2 Å². The number of aromatic nitrogens is 4. The summed E-state index contributed by atoms with van der Waals surface area (Å²) in [4.78, 5) is 34.8. The number of aryl methyl sites for hydroxylation is 3. The number of likely N-dealkylation sites (tertiary alicyclic amines) is 1. The Morgan fingerprint density at radius 2 is 1.77 bits per heavy atom. The first-order valence-electron chi connectivity index (χ1n) is 12.8. The molecule has 0 aliphatic carbocycles. The number of anilines is 1. The van der Waals surface area contributed by atoms with E-state index in [4.69, 9.17) is 9.47 Å². The number of benzene rings is 1. The van der Waals surface area contributed by atoms with Gasteiger partial charge in [0, 0.05) is 31.3 Å². The minimum Gasteiger partial charge on any atom is -0.470 e. The monoisotopic (exact) mass is 570 g/mol. The van der Waals surface area contributed by atoms with E-state index in [1.807, 2.05) is 32.0 Å². The van der Waals surface area contributed by atoms with Crippen molar-refractivity contribution in [3.05, 3.63) is 47.8 Å². The fourth-order valence-electron chi connectivity index (χ4n) is 4.24. The lowest BCUT2D eigenvalue weighted by molar-refractivity contribution is -0.157. The standard InChI is InChI=1S/C27H34N6O6S/c1-17-8-7-9-18(2)25(17)21-12-22(30-26(29-21)31-40(36,37)20-13-28-32(6)16-20)38-19-14-33(15-19)23(34)10-11-24(35)39-27(3,4)5/h7-9,12-13,16,19H,10-11,14-15H2,1-6H3,(H,29,30,31). The number of rotatable bonds is 9. The molecule has 1 N–H and O–H groups in total. The van der Waals surface area contributed by atoms with E-state index in [-0.39, 0.29) is 41.6 Å². The van der Waals surface area contributed by atoms with E-state index in [1.54, 1.807) is 38.8 Å². The van der Waals surface area contributed by atoms with Crippen LogP contribution in [-0.2, 0) is 31.4 Å². The molecule has 0 unspecified atom stereocenters. The summed E-state index contributed by atoms with van der Waals surface area (Å²) in [7, 11) is -2.38. The quantitative estimate of drug-likeness (QED) is 0.384. The molecule has 4 rings (SSSR count). The molecule has 214 valence electrons. The van der Waals surface area contributed by atoms with Crippen LogP contribution < -0.4 is 9.46 Å². The molecule has 0 spiro atoms. The first kappa shape index (κ1) is 29.0. The Labute approximate surface area is 233 Å². The number of sulfonamides is 1. The van der Waals surface area contributed by atoms with E-state index in [1.165, 1.54) is 17.1 Å². The highest BCUT2D eigenvalue weighted by Gasteiger charge is 2.33. The van der Waals surface area contributed by atoms with Gasteiger partial charge < -0.3 is 14.4 Å². The van der Waals surface area contributed by atoms with Crippen molar-refractivity contribution in [1.82, 2.24) is 24.6 Å². The summed E-state index contributed by atoms with van der Waals surface area (Å²) in [6.45, 7) is 9.84. The van der Waals surface area contributed by atoms with Gasteiger partial charge in [-0.25, -0.2) is 18.1 Å². The van der Waals surface area contributed by atoms with Crippen LogP contribution in [0.25, 0.3) is 11.3 Å². The zero-order valence-electron chi connectivity index (χ0n) is 23.5. The summed E-state index contributed by atoms with van der Waals surface area (Å²) >= 11 is 0. The molecule has 2 aromatic heterocycles. The Kier molecular flexibility index (Phi) is 8.15. The highest BCUT2D eigenvalue weighted by molar-refractivity contribution is 7.92. The van der Waals surface area contributed by atoms with Gasteiger partial charge in [-0.15, -0.1) is 0 Å². The lowest BCUT2D eigenvalue weighted by Crippen LogP contribution is -2.56. The smallest absolute Gasteiger partial charge is 0.306 e. The van der Waals surface area contributed by atoms with Crippen LogP contribution in [0, 0.1) is 13.8 Å². The fraction of sp³-hybridized carbons (Fsp3) is 0.444. The molecule has 3 aromatic rings. The van der Waals surface area contributed by atoms with Gasteiger partial charge in [-0.3, -0.25) is 14.3 Å². The van der Waals surface area contributed by atoms with Crippen LogP contribution in [0.3, 0.4) is 0 Å². The minimum atomic E-state index is -4.00. The van der Waals surface area contributed by atoms with Crippen molar-refractivity contribution in [3.8, 4) is 17.1 Å². The highest BCUT2D eigenvalue weighted by Crippen LogP contribution is 2.30. The summed E-state index contributed by atoms with van der Waals surface area (Å²) in [5, 5.41) is 3.92. The van der Waals surface area contributed by atoms with Crippen LogP contribution in [0.15, 0.2) is 41.6 Å². The number of nitrogens with zero attached hydrogens (tertiary/aromatic N) is 5. The van der Waals surface area contributed by atoms with Crippen LogP contribution in [-0.4, -0.2) is 69.7 Å². The van der Waals surface area contributed by atoms with Crippen molar-refractivity contribution in [2.75, 3.05) is 17.8 Å². The third-order valence-corrected chi connectivity index (χ3v) is 7.39. The molecule has 3 heterocycles. The van der Waals surface area contributed by atoms with E-state index in [9.17, 15) is 18.0 Å². The molecule has 1 saturated heterocycles. The van der Waals surface area contributed by atoms with Gasteiger partial charge in [-0.05, 0) is 45.7 Å². The predicted molar refractivity (Wildman–Crippen MR) is 147 cm³/mol. The van der Waals surface area contributed by atoms with Gasteiger partial charge in [0.1, 0.15) is 16.6 Å². The molecule has 1 aliphatic heterocycles. The molecule has 0 bridgehead atoms. The maximum absolute atomic E-state index is 12.9. The van der Waals surface area contributed by atoms with Crippen LogP contribution in [0.5, 0.6) is 5.88 Å². The number of ether oxygens (including phenoxy) is 2. The van der Waals surface area contributed by atoms with Gasteiger partial charge in [-0.2, -0.15) is 10.1 Å². The number of carbonyl (C=O) groups is 2. The summed E-state index contributed by atoms with van der Waals surface area (Å²) in [6, 6.07) is 7.47. The molecule has 0 radical (unpaired) electrons. The lowest BCUT2D eigenvalue weighted by atomic mass is 10.00. The highest BCUT2D eigenvalue weighted by atomic mass is 32.2. The summed E-state index contributed by atoms with van der Waals surface area (Å²) in [6.07, 6.45) is 2.31. The number of amides is 1. The average Bonchev–Trinajstić information content (AvgIpc) is 3.25. The van der Waals surface area contributed by atoms with Crippen molar-refractivity contribution >= 4 is 27.8 Å². The zero-order valence-corrected chi connectivity index (χ0v) is 24.3. The Hall–Kier alpha value is -4.00. The molecule has 1 amide bonds.